The molecule has 9 heteroatoms. The summed E-state index contributed by atoms with van der Waals surface area (Å²) < 4.78 is 11.3. The van der Waals surface area contributed by atoms with E-state index in [1.807, 2.05) is 6.08 Å². The van der Waals surface area contributed by atoms with E-state index in [-0.39, 0.29) is 12.5 Å². The molecule has 368 valence electrons. The van der Waals surface area contributed by atoms with E-state index >= 15 is 0 Å². The van der Waals surface area contributed by atoms with Crippen LogP contribution in [0.5, 0.6) is 0 Å². The highest BCUT2D eigenvalue weighted by molar-refractivity contribution is 5.76. The topological polar surface area (TPSA) is 149 Å². The van der Waals surface area contributed by atoms with Crippen molar-refractivity contribution in [3.63, 3.8) is 0 Å². The molecule has 1 fully saturated rings. The molecule has 9 nitrogen and oxygen atoms in total. The number of amides is 1. The average Bonchev–Trinajstić information content (AvgIpc) is 3.27. The molecule has 0 aromatic carbocycles. The lowest BCUT2D eigenvalue weighted by Crippen LogP contribution is -2.60. The third kappa shape index (κ3) is 33.4. The van der Waals surface area contributed by atoms with Gasteiger partial charge in [0, 0.05) is 6.42 Å². The Balaban J connectivity index is 2.26. The Morgan fingerprint density at radius 3 is 1.26 bits per heavy atom. The molecular formula is C53H103NO8. The van der Waals surface area contributed by atoms with Gasteiger partial charge in [0.1, 0.15) is 24.4 Å². The molecule has 0 aliphatic carbocycles. The average molecular weight is 882 g/mol. The van der Waals surface area contributed by atoms with Crippen LogP contribution in [0.15, 0.2) is 12.2 Å². The van der Waals surface area contributed by atoms with Crippen molar-refractivity contribution in [2.24, 2.45) is 0 Å². The summed E-state index contributed by atoms with van der Waals surface area (Å²) in [6.45, 7) is 3.81. The number of carbonyl (C=O) groups excluding carboxylic acids is 1. The summed E-state index contributed by atoms with van der Waals surface area (Å²) in [5.41, 5.74) is 0. The number of hydrogen-bond donors (Lipinski definition) is 6. The molecule has 1 heterocycles. The number of hydrogen-bond acceptors (Lipinski definition) is 8. The molecule has 0 aromatic heterocycles. The lowest BCUT2D eigenvalue weighted by Gasteiger charge is -2.40. The summed E-state index contributed by atoms with van der Waals surface area (Å²) in [4.78, 5) is 13.0. The normalized spacial score (nSPS) is 20.3. The van der Waals surface area contributed by atoms with Crippen molar-refractivity contribution in [2.75, 3.05) is 13.2 Å². The van der Waals surface area contributed by atoms with Crippen molar-refractivity contribution in [2.45, 2.75) is 307 Å². The minimum atomic E-state index is -1.56. The number of rotatable bonds is 46. The first-order valence-electron chi connectivity index (χ1n) is 26.9. The number of carbonyl (C=O) groups is 1. The Labute approximate surface area is 382 Å². The molecule has 1 rings (SSSR count). The number of ether oxygens (including phenoxy) is 2. The Bertz CT molecular complexity index is 981. The van der Waals surface area contributed by atoms with Crippen LogP contribution in [0.1, 0.15) is 264 Å². The summed E-state index contributed by atoms with van der Waals surface area (Å²) >= 11 is 0. The fraction of sp³-hybridized carbons (Fsp3) is 0.943. The molecule has 7 atom stereocenters. The van der Waals surface area contributed by atoms with Gasteiger partial charge in [-0.1, -0.05) is 251 Å². The van der Waals surface area contributed by atoms with Crippen LogP contribution in [0.25, 0.3) is 0 Å². The fourth-order valence-electron chi connectivity index (χ4n) is 8.81. The van der Waals surface area contributed by atoms with Crippen molar-refractivity contribution in [3.05, 3.63) is 12.2 Å². The largest absolute Gasteiger partial charge is 0.394 e. The van der Waals surface area contributed by atoms with Crippen LogP contribution < -0.4 is 5.32 Å². The highest BCUT2D eigenvalue weighted by Crippen LogP contribution is 2.23. The molecule has 6 N–H and O–H groups in total. The van der Waals surface area contributed by atoms with Gasteiger partial charge in [-0.15, -0.1) is 0 Å². The van der Waals surface area contributed by atoms with Crippen LogP contribution in [0, 0.1) is 0 Å². The molecule has 0 radical (unpaired) electrons. The maximum atomic E-state index is 13.0. The predicted molar refractivity (Wildman–Crippen MR) is 258 cm³/mol. The molecule has 1 amide bonds. The highest BCUT2D eigenvalue weighted by Gasteiger charge is 2.44. The lowest BCUT2D eigenvalue weighted by molar-refractivity contribution is -0.302. The quantitative estimate of drug-likeness (QED) is 0.0261. The Kier molecular flexibility index (Phi) is 41.6. The molecule has 0 bridgehead atoms. The number of nitrogens with one attached hydrogen (secondary N) is 1. The van der Waals surface area contributed by atoms with Gasteiger partial charge in [-0.05, 0) is 19.3 Å². The number of allylic oxidation sites excluding steroid dienone is 1. The second-order valence-corrected chi connectivity index (χ2v) is 19.0. The maximum Gasteiger partial charge on any atom is 0.220 e. The van der Waals surface area contributed by atoms with E-state index in [9.17, 15) is 30.3 Å². The van der Waals surface area contributed by atoms with Gasteiger partial charge in [0.25, 0.3) is 0 Å². The van der Waals surface area contributed by atoms with Crippen molar-refractivity contribution in [1.82, 2.24) is 5.32 Å². The third-order valence-corrected chi connectivity index (χ3v) is 13.1. The first-order chi connectivity index (χ1) is 30.3. The van der Waals surface area contributed by atoms with Gasteiger partial charge in [0.05, 0.1) is 25.4 Å². The summed E-state index contributed by atoms with van der Waals surface area (Å²) in [6, 6.07) is -0.799. The van der Waals surface area contributed by atoms with E-state index in [2.05, 4.69) is 19.2 Å². The number of unbranched alkanes of at least 4 members (excludes halogenated alkanes) is 36. The van der Waals surface area contributed by atoms with Crippen LogP contribution in [0.3, 0.4) is 0 Å². The van der Waals surface area contributed by atoms with Crippen molar-refractivity contribution in [3.8, 4) is 0 Å². The number of aliphatic hydroxyl groups excluding tert-OH is 5. The van der Waals surface area contributed by atoms with Crippen LogP contribution in [-0.2, 0) is 14.3 Å². The van der Waals surface area contributed by atoms with Gasteiger partial charge in [0.2, 0.25) is 5.91 Å². The smallest absolute Gasteiger partial charge is 0.220 e. The zero-order valence-corrected chi connectivity index (χ0v) is 40.6. The van der Waals surface area contributed by atoms with Crippen LogP contribution in [0.2, 0.25) is 0 Å². The van der Waals surface area contributed by atoms with Crippen LogP contribution in [0.4, 0.5) is 0 Å². The lowest BCUT2D eigenvalue weighted by atomic mass is 9.99. The van der Waals surface area contributed by atoms with Gasteiger partial charge in [-0.2, -0.15) is 0 Å². The standard InChI is InChI=1S/C53H103NO8/c1-3-5-7-9-11-13-15-17-19-21-23-24-25-27-29-31-33-35-37-39-41-43-49(57)54-46(45-61-53-52(60)51(59)50(58)48(44-55)62-53)47(56)42-40-38-36-34-32-30-28-26-22-20-18-16-14-12-10-8-6-4-2/h40,42,46-48,50-53,55-56,58-60H,3-39,41,43-45H2,1-2H3,(H,54,57)/b42-40+. The van der Waals surface area contributed by atoms with E-state index in [0.29, 0.717) is 6.42 Å². The molecule has 1 aliphatic rings. The Morgan fingerprint density at radius 2 is 0.887 bits per heavy atom. The van der Waals surface area contributed by atoms with E-state index < -0.39 is 49.5 Å². The second-order valence-electron chi connectivity index (χ2n) is 19.0. The molecule has 62 heavy (non-hydrogen) atoms. The summed E-state index contributed by atoms with van der Waals surface area (Å²) in [5.74, 6) is -0.171. The fourth-order valence-corrected chi connectivity index (χ4v) is 8.81. The van der Waals surface area contributed by atoms with E-state index in [4.69, 9.17) is 9.47 Å². The summed E-state index contributed by atoms with van der Waals surface area (Å²) in [7, 11) is 0. The maximum absolute atomic E-state index is 13.0. The van der Waals surface area contributed by atoms with Crippen molar-refractivity contribution in [1.29, 1.82) is 0 Å². The Hall–Kier alpha value is -1.07. The number of aliphatic hydroxyl groups is 5. The monoisotopic (exact) mass is 882 g/mol. The molecule has 7 unspecified atom stereocenters. The highest BCUT2D eigenvalue weighted by atomic mass is 16.7. The van der Waals surface area contributed by atoms with Crippen LogP contribution in [-0.4, -0.2) is 87.5 Å². The summed E-state index contributed by atoms with van der Waals surface area (Å²) in [5, 5.41) is 54.4. The van der Waals surface area contributed by atoms with Gasteiger partial charge >= 0.3 is 0 Å². The zero-order chi connectivity index (χ0) is 45.1. The molecular weight excluding hydrogens is 779 g/mol. The molecule has 1 saturated heterocycles. The second kappa shape index (κ2) is 43.8. The molecule has 0 spiro atoms. The summed E-state index contributed by atoms with van der Waals surface area (Å²) in [6.07, 6.45) is 45.5. The predicted octanol–water partition coefficient (Wildman–Crippen LogP) is 12.5. The first-order valence-corrected chi connectivity index (χ1v) is 26.9. The van der Waals surface area contributed by atoms with E-state index in [1.165, 1.54) is 205 Å². The Morgan fingerprint density at radius 1 is 0.532 bits per heavy atom. The van der Waals surface area contributed by atoms with Crippen molar-refractivity contribution >= 4 is 5.91 Å². The third-order valence-electron chi connectivity index (χ3n) is 13.1. The van der Waals surface area contributed by atoms with Crippen molar-refractivity contribution < 1.29 is 39.8 Å². The van der Waals surface area contributed by atoms with Gasteiger partial charge in [-0.25, -0.2) is 0 Å². The SMILES string of the molecule is CCCCCCCCCCCCCCCCCC/C=C/C(O)C(COC1OC(CO)C(O)C(O)C1O)NC(=O)CCCCCCCCCCCCCCCCCCCCCCC. The zero-order valence-electron chi connectivity index (χ0n) is 40.6. The van der Waals surface area contributed by atoms with E-state index in [1.54, 1.807) is 6.08 Å². The molecule has 0 saturated carbocycles. The van der Waals surface area contributed by atoms with E-state index in [0.717, 1.165) is 38.5 Å². The van der Waals surface area contributed by atoms with Gasteiger partial charge in [0.15, 0.2) is 6.29 Å². The first kappa shape index (κ1) is 58.9. The minimum Gasteiger partial charge on any atom is -0.394 e. The van der Waals surface area contributed by atoms with Crippen LogP contribution >= 0.6 is 0 Å². The molecule has 0 aromatic rings. The van der Waals surface area contributed by atoms with Gasteiger partial charge < -0.3 is 40.3 Å². The minimum absolute atomic E-state index is 0.171. The van der Waals surface area contributed by atoms with Gasteiger partial charge in [-0.3, -0.25) is 4.79 Å². The molecule has 1 aliphatic heterocycles.